The summed E-state index contributed by atoms with van der Waals surface area (Å²) in [6.45, 7) is 2.74. The van der Waals surface area contributed by atoms with Crippen LogP contribution in [0.3, 0.4) is 0 Å². The molecule has 1 saturated carbocycles. The molecule has 0 atom stereocenters. The van der Waals surface area contributed by atoms with Gasteiger partial charge in [-0.25, -0.2) is 13.1 Å². The van der Waals surface area contributed by atoms with E-state index >= 15 is 0 Å². The van der Waals surface area contributed by atoms with E-state index in [0.29, 0.717) is 18.2 Å². The lowest BCUT2D eigenvalue weighted by atomic mass is 9.83. The number of hydrogen-bond acceptors (Lipinski definition) is 4. The minimum Gasteiger partial charge on any atom is -0.388 e. The lowest BCUT2D eigenvalue weighted by molar-refractivity contribution is 0.290. The third-order valence-corrected chi connectivity index (χ3v) is 5.61. The molecule has 116 valence electrons. The van der Waals surface area contributed by atoms with E-state index in [9.17, 15) is 8.42 Å². The molecule has 1 aromatic rings. The first-order valence-corrected chi connectivity index (χ1v) is 9.03. The molecule has 0 radical (unpaired) electrons. The van der Waals surface area contributed by atoms with Crippen molar-refractivity contribution >= 4 is 27.2 Å². The molecular weight excluding hydrogens is 306 g/mol. The van der Waals surface area contributed by atoms with Crippen molar-refractivity contribution in [2.45, 2.75) is 37.5 Å². The Morgan fingerprint density at radius 3 is 2.57 bits per heavy atom. The average Bonchev–Trinajstić information content (AvgIpc) is 2.47. The van der Waals surface area contributed by atoms with Gasteiger partial charge in [-0.1, -0.05) is 32.0 Å². The molecule has 3 N–H and O–H groups in total. The zero-order valence-corrected chi connectivity index (χ0v) is 13.7. The fraction of sp³-hybridized carbons (Fsp3) is 0.571. The first-order chi connectivity index (χ1) is 9.88. The summed E-state index contributed by atoms with van der Waals surface area (Å²) in [7, 11) is -3.51. The fourth-order valence-electron chi connectivity index (χ4n) is 2.53. The Kier molecular flexibility index (Phi) is 5.29. The van der Waals surface area contributed by atoms with Crippen LogP contribution >= 0.6 is 12.2 Å². The minimum absolute atomic E-state index is 0.145. The fourth-order valence-corrected chi connectivity index (χ4v) is 3.71. The summed E-state index contributed by atoms with van der Waals surface area (Å²) in [4.78, 5) is 4.26. The van der Waals surface area contributed by atoms with Crippen molar-refractivity contribution in [1.29, 1.82) is 0 Å². The largest absolute Gasteiger partial charge is 0.388 e. The molecule has 5 nitrogen and oxygen atoms in total. The van der Waals surface area contributed by atoms with Crippen LogP contribution in [0, 0.1) is 11.8 Å². The highest BCUT2D eigenvalue weighted by molar-refractivity contribution is 7.89. The molecule has 0 aromatic carbocycles. The van der Waals surface area contributed by atoms with Crippen LogP contribution in [0.2, 0.25) is 0 Å². The van der Waals surface area contributed by atoms with E-state index in [0.717, 1.165) is 18.8 Å². The van der Waals surface area contributed by atoms with Crippen LogP contribution in [-0.2, 0) is 10.0 Å². The summed E-state index contributed by atoms with van der Waals surface area (Å²) in [5.74, 6) is 1.19. The van der Waals surface area contributed by atoms with Gasteiger partial charge in [0.25, 0.3) is 0 Å². The zero-order valence-electron chi connectivity index (χ0n) is 12.1. The van der Waals surface area contributed by atoms with Crippen molar-refractivity contribution in [3.05, 3.63) is 24.0 Å². The number of sulfonamides is 1. The van der Waals surface area contributed by atoms with Gasteiger partial charge >= 0.3 is 0 Å². The molecule has 1 aromatic heterocycles. The second-order valence-corrected chi connectivity index (χ2v) is 7.93. The maximum atomic E-state index is 12.2. The van der Waals surface area contributed by atoms with Crippen LogP contribution in [0.4, 0.5) is 0 Å². The highest BCUT2D eigenvalue weighted by Gasteiger charge is 2.21. The molecule has 0 amide bonds. The van der Waals surface area contributed by atoms with Crippen molar-refractivity contribution in [2.24, 2.45) is 17.6 Å². The van der Waals surface area contributed by atoms with Crippen LogP contribution in [-0.4, -0.2) is 24.9 Å². The molecule has 21 heavy (non-hydrogen) atoms. The van der Waals surface area contributed by atoms with E-state index in [4.69, 9.17) is 18.0 Å². The molecule has 1 fully saturated rings. The van der Waals surface area contributed by atoms with Gasteiger partial charge < -0.3 is 5.73 Å². The Morgan fingerprint density at radius 1 is 1.38 bits per heavy atom. The maximum absolute atomic E-state index is 12.2. The Bertz CT molecular complexity index is 591. The third kappa shape index (κ3) is 4.46. The molecule has 1 heterocycles. The Morgan fingerprint density at radius 2 is 2.05 bits per heavy atom. The Labute approximate surface area is 131 Å². The van der Waals surface area contributed by atoms with E-state index in [1.807, 2.05) is 0 Å². The summed E-state index contributed by atoms with van der Waals surface area (Å²) in [5.41, 5.74) is 5.87. The second-order valence-electron chi connectivity index (χ2n) is 5.72. The maximum Gasteiger partial charge on any atom is 0.242 e. The standard InChI is InChI=1S/C14H21N3O2S2/c1-10-2-4-11(5-3-10)8-17-21(18,19)12-6-7-13(14(15)20)16-9-12/h6-7,9-11,17H,2-5,8H2,1H3,(H2,15,20). The van der Waals surface area contributed by atoms with Crippen molar-refractivity contribution in [3.8, 4) is 0 Å². The van der Waals surface area contributed by atoms with Gasteiger partial charge in [0, 0.05) is 12.7 Å². The minimum atomic E-state index is -3.51. The predicted octanol–water partition coefficient (Wildman–Crippen LogP) is 1.82. The van der Waals surface area contributed by atoms with Crippen LogP contribution in [0.5, 0.6) is 0 Å². The topological polar surface area (TPSA) is 85.1 Å². The normalized spacial score (nSPS) is 22.9. The number of aromatic nitrogens is 1. The number of thiocarbonyl (C=S) groups is 1. The molecular formula is C14H21N3O2S2. The number of hydrogen-bond donors (Lipinski definition) is 2. The van der Waals surface area contributed by atoms with Gasteiger partial charge in [-0.15, -0.1) is 0 Å². The van der Waals surface area contributed by atoms with Crippen molar-refractivity contribution in [3.63, 3.8) is 0 Å². The monoisotopic (exact) mass is 327 g/mol. The number of pyridine rings is 1. The summed E-state index contributed by atoms with van der Waals surface area (Å²) in [6.07, 6.45) is 5.82. The van der Waals surface area contributed by atoms with Crippen LogP contribution in [0.25, 0.3) is 0 Å². The Hall–Kier alpha value is -1.05. The van der Waals surface area contributed by atoms with Crippen molar-refractivity contribution in [2.75, 3.05) is 6.54 Å². The van der Waals surface area contributed by atoms with E-state index in [-0.39, 0.29) is 9.88 Å². The zero-order chi connectivity index (χ0) is 15.5. The molecule has 0 saturated heterocycles. The van der Waals surface area contributed by atoms with E-state index in [1.165, 1.54) is 31.2 Å². The highest BCUT2D eigenvalue weighted by atomic mass is 32.2. The van der Waals surface area contributed by atoms with E-state index in [1.54, 1.807) is 0 Å². The lowest BCUT2D eigenvalue weighted by Gasteiger charge is -2.26. The molecule has 0 aliphatic heterocycles. The van der Waals surface area contributed by atoms with Crippen molar-refractivity contribution in [1.82, 2.24) is 9.71 Å². The molecule has 1 aliphatic carbocycles. The van der Waals surface area contributed by atoms with Gasteiger partial charge in [0.1, 0.15) is 9.88 Å². The van der Waals surface area contributed by atoms with Crippen molar-refractivity contribution < 1.29 is 8.42 Å². The van der Waals surface area contributed by atoms with Gasteiger partial charge in [0.05, 0.1) is 5.69 Å². The first kappa shape index (κ1) is 16.3. The predicted molar refractivity (Wildman–Crippen MR) is 86.4 cm³/mol. The Balaban J connectivity index is 1.96. The van der Waals surface area contributed by atoms with Gasteiger partial charge in [-0.3, -0.25) is 4.98 Å². The SMILES string of the molecule is CC1CCC(CNS(=O)(=O)c2ccc(C(N)=S)nc2)CC1. The highest BCUT2D eigenvalue weighted by Crippen LogP contribution is 2.27. The molecule has 0 spiro atoms. The number of nitrogens with zero attached hydrogens (tertiary/aromatic N) is 1. The van der Waals surface area contributed by atoms with Gasteiger partial charge in [-0.2, -0.15) is 0 Å². The summed E-state index contributed by atoms with van der Waals surface area (Å²) < 4.78 is 27.1. The van der Waals surface area contributed by atoms with E-state index in [2.05, 4.69) is 16.6 Å². The molecule has 0 bridgehead atoms. The molecule has 1 aliphatic rings. The van der Waals surface area contributed by atoms with Crippen LogP contribution < -0.4 is 10.5 Å². The van der Waals surface area contributed by atoms with Crippen LogP contribution in [0.15, 0.2) is 23.2 Å². The number of nitrogens with two attached hydrogens (primary N) is 1. The van der Waals surface area contributed by atoms with E-state index < -0.39 is 10.0 Å². The lowest BCUT2D eigenvalue weighted by Crippen LogP contribution is -2.31. The molecule has 0 unspecified atom stereocenters. The third-order valence-electron chi connectivity index (χ3n) is 4.00. The van der Waals surface area contributed by atoms with Gasteiger partial charge in [0.15, 0.2) is 0 Å². The van der Waals surface area contributed by atoms with Gasteiger partial charge in [0.2, 0.25) is 10.0 Å². The van der Waals surface area contributed by atoms with Gasteiger partial charge in [-0.05, 0) is 36.8 Å². The summed E-state index contributed by atoms with van der Waals surface area (Å²) in [6, 6.07) is 3.01. The number of rotatable bonds is 5. The second kappa shape index (κ2) is 6.81. The summed E-state index contributed by atoms with van der Waals surface area (Å²) in [5, 5.41) is 0. The quantitative estimate of drug-likeness (QED) is 0.806. The average molecular weight is 327 g/mol. The first-order valence-electron chi connectivity index (χ1n) is 7.14. The molecule has 2 rings (SSSR count). The number of nitrogens with one attached hydrogen (secondary N) is 1. The summed E-state index contributed by atoms with van der Waals surface area (Å²) >= 11 is 4.80. The molecule has 7 heteroatoms. The van der Waals surface area contributed by atoms with Crippen LogP contribution in [0.1, 0.15) is 38.3 Å². The smallest absolute Gasteiger partial charge is 0.242 e.